The minimum absolute atomic E-state index is 0.178. The van der Waals surface area contributed by atoms with Gasteiger partial charge in [-0.1, -0.05) is 35.3 Å². The Balaban J connectivity index is 2.01. The average Bonchev–Trinajstić information content (AvgIpc) is 2.53. The van der Waals surface area contributed by atoms with E-state index in [1.807, 2.05) is 18.2 Å². The third-order valence-corrected chi connectivity index (χ3v) is 3.58. The summed E-state index contributed by atoms with van der Waals surface area (Å²) in [6.07, 6.45) is 0.596. The summed E-state index contributed by atoms with van der Waals surface area (Å²) in [7, 11) is 3.17. The van der Waals surface area contributed by atoms with E-state index in [9.17, 15) is 4.79 Å². The minimum Gasteiger partial charge on any atom is -0.493 e. The highest BCUT2D eigenvalue weighted by Crippen LogP contribution is 2.30. The van der Waals surface area contributed by atoms with Crippen molar-refractivity contribution in [3.63, 3.8) is 0 Å². The molecule has 5 nitrogen and oxygen atoms in total. The van der Waals surface area contributed by atoms with E-state index in [-0.39, 0.29) is 16.2 Å². The number of amides is 1. The van der Waals surface area contributed by atoms with Gasteiger partial charge in [-0.2, -0.15) is 0 Å². The number of carbonyl (C=O) groups excluding carboxylic acids is 1. The van der Waals surface area contributed by atoms with E-state index in [4.69, 9.17) is 32.7 Å². The van der Waals surface area contributed by atoms with Crippen LogP contribution in [0.2, 0.25) is 10.3 Å². The normalized spacial score (nSPS) is 10.3. The lowest BCUT2D eigenvalue weighted by Crippen LogP contribution is -2.25. The number of hydrogen-bond donors (Lipinski definition) is 1. The summed E-state index contributed by atoms with van der Waals surface area (Å²) >= 11 is 11.6. The molecule has 0 atom stereocenters. The second kappa shape index (κ2) is 8.04. The zero-order chi connectivity index (χ0) is 16.8. The van der Waals surface area contributed by atoms with E-state index in [1.54, 1.807) is 14.2 Å². The van der Waals surface area contributed by atoms with Gasteiger partial charge in [-0.15, -0.1) is 0 Å². The monoisotopic (exact) mass is 354 g/mol. The van der Waals surface area contributed by atoms with Crippen molar-refractivity contribution in [2.45, 2.75) is 6.42 Å². The van der Waals surface area contributed by atoms with Crippen LogP contribution in [0.4, 0.5) is 0 Å². The van der Waals surface area contributed by atoms with Crippen molar-refractivity contribution < 1.29 is 14.3 Å². The predicted molar refractivity (Wildman–Crippen MR) is 89.8 cm³/mol. The molecule has 122 valence electrons. The molecule has 0 aliphatic rings. The van der Waals surface area contributed by atoms with E-state index in [0.29, 0.717) is 30.0 Å². The van der Waals surface area contributed by atoms with Crippen molar-refractivity contribution in [1.82, 2.24) is 10.3 Å². The summed E-state index contributed by atoms with van der Waals surface area (Å²) in [6.45, 7) is 0.430. The van der Waals surface area contributed by atoms with Crippen molar-refractivity contribution >= 4 is 29.1 Å². The van der Waals surface area contributed by atoms with Crippen LogP contribution in [0.1, 0.15) is 15.9 Å². The summed E-state index contributed by atoms with van der Waals surface area (Å²) in [5.41, 5.74) is 1.31. The summed E-state index contributed by atoms with van der Waals surface area (Å²) in [6, 6.07) is 8.56. The molecule has 0 bridgehead atoms. The first-order chi connectivity index (χ1) is 11.0. The van der Waals surface area contributed by atoms with Gasteiger partial charge in [0.2, 0.25) is 0 Å². The molecule has 7 heteroatoms. The summed E-state index contributed by atoms with van der Waals surface area (Å²) in [5.74, 6) is 1.06. The Labute approximate surface area is 144 Å². The highest BCUT2D eigenvalue weighted by Gasteiger charge is 2.11. The van der Waals surface area contributed by atoms with Gasteiger partial charge in [0, 0.05) is 12.1 Å². The van der Waals surface area contributed by atoms with Crippen molar-refractivity contribution in [2.24, 2.45) is 0 Å². The Morgan fingerprint density at radius 3 is 2.48 bits per heavy atom. The van der Waals surface area contributed by atoms with Gasteiger partial charge in [0.15, 0.2) is 11.5 Å². The van der Waals surface area contributed by atoms with Crippen LogP contribution in [0.3, 0.4) is 0 Å². The molecule has 0 fully saturated rings. The maximum atomic E-state index is 12.1. The summed E-state index contributed by atoms with van der Waals surface area (Å²) in [4.78, 5) is 15.9. The molecule has 0 saturated heterocycles. The number of para-hydroxylation sites is 1. The highest BCUT2D eigenvalue weighted by molar-refractivity contribution is 6.33. The smallest absolute Gasteiger partial charge is 0.251 e. The molecule has 1 amide bonds. The number of benzene rings is 1. The van der Waals surface area contributed by atoms with Crippen LogP contribution in [-0.2, 0) is 6.42 Å². The molecular weight excluding hydrogens is 339 g/mol. The Hall–Kier alpha value is -1.98. The molecule has 0 radical (unpaired) electrons. The van der Waals surface area contributed by atoms with E-state index >= 15 is 0 Å². The average molecular weight is 355 g/mol. The van der Waals surface area contributed by atoms with Crippen molar-refractivity contribution in [3.05, 3.63) is 51.8 Å². The molecule has 0 spiro atoms. The maximum Gasteiger partial charge on any atom is 0.251 e. The number of rotatable bonds is 6. The quantitative estimate of drug-likeness (QED) is 0.807. The van der Waals surface area contributed by atoms with E-state index in [0.717, 1.165) is 5.56 Å². The third kappa shape index (κ3) is 4.50. The first-order valence-electron chi connectivity index (χ1n) is 6.86. The lowest BCUT2D eigenvalue weighted by molar-refractivity contribution is 0.0954. The fourth-order valence-corrected chi connectivity index (χ4v) is 2.62. The van der Waals surface area contributed by atoms with Gasteiger partial charge >= 0.3 is 0 Å². The molecule has 2 rings (SSSR count). The number of nitrogens with one attached hydrogen (secondary N) is 1. The lowest BCUT2D eigenvalue weighted by Gasteiger charge is -2.13. The molecule has 1 N–H and O–H groups in total. The van der Waals surface area contributed by atoms with Crippen LogP contribution < -0.4 is 14.8 Å². The third-order valence-electron chi connectivity index (χ3n) is 3.19. The number of halogens is 2. The second-order valence-corrected chi connectivity index (χ2v) is 5.43. The van der Waals surface area contributed by atoms with Crippen LogP contribution in [0.15, 0.2) is 30.3 Å². The molecule has 0 aliphatic carbocycles. The van der Waals surface area contributed by atoms with Crippen molar-refractivity contribution in [2.75, 3.05) is 20.8 Å². The Morgan fingerprint density at radius 2 is 1.87 bits per heavy atom. The van der Waals surface area contributed by atoms with Gasteiger partial charge in [0.1, 0.15) is 10.3 Å². The van der Waals surface area contributed by atoms with E-state index in [1.165, 1.54) is 12.1 Å². The van der Waals surface area contributed by atoms with Gasteiger partial charge in [0.25, 0.3) is 5.91 Å². The molecule has 0 unspecified atom stereocenters. The maximum absolute atomic E-state index is 12.1. The molecule has 23 heavy (non-hydrogen) atoms. The molecule has 0 aliphatic heterocycles. The second-order valence-electron chi connectivity index (χ2n) is 4.66. The van der Waals surface area contributed by atoms with Gasteiger partial charge in [-0.3, -0.25) is 4.79 Å². The number of carbonyl (C=O) groups is 1. The summed E-state index contributed by atoms with van der Waals surface area (Å²) in [5, 5.41) is 3.17. The van der Waals surface area contributed by atoms with Gasteiger partial charge < -0.3 is 14.8 Å². The topological polar surface area (TPSA) is 60.5 Å². The lowest BCUT2D eigenvalue weighted by atomic mass is 10.1. The van der Waals surface area contributed by atoms with Crippen LogP contribution in [0.5, 0.6) is 11.5 Å². The number of nitrogens with zero attached hydrogens (tertiary/aromatic N) is 1. The SMILES string of the molecule is COc1cccc(CCNC(=O)c2cc(Cl)nc(Cl)c2)c1OC. The molecule has 1 aromatic heterocycles. The number of aromatic nitrogens is 1. The first kappa shape index (κ1) is 17.4. The molecule has 2 aromatic rings. The number of hydrogen-bond acceptors (Lipinski definition) is 4. The Bertz CT molecular complexity index is 687. The minimum atomic E-state index is -0.266. The highest BCUT2D eigenvalue weighted by atomic mass is 35.5. The zero-order valence-electron chi connectivity index (χ0n) is 12.7. The fourth-order valence-electron chi connectivity index (χ4n) is 2.16. The molecule has 1 aromatic carbocycles. The molecular formula is C16H16Cl2N2O3. The predicted octanol–water partition coefficient (Wildman–Crippen LogP) is 3.38. The number of methoxy groups -OCH3 is 2. The van der Waals surface area contributed by atoms with Crippen LogP contribution in [0.25, 0.3) is 0 Å². The molecule has 1 heterocycles. The van der Waals surface area contributed by atoms with E-state index in [2.05, 4.69) is 10.3 Å². The van der Waals surface area contributed by atoms with Crippen LogP contribution in [-0.4, -0.2) is 31.7 Å². The van der Waals surface area contributed by atoms with Crippen molar-refractivity contribution in [3.8, 4) is 11.5 Å². The zero-order valence-corrected chi connectivity index (χ0v) is 14.2. The van der Waals surface area contributed by atoms with Gasteiger partial charge in [-0.25, -0.2) is 4.98 Å². The Morgan fingerprint density at radius 1 is 1.17 bits per heavy atom. The molecule has 0 saturated carbocycles. The summed E-state index contributed by atoms with van der Waals surface area (Å²) < 4.78 is 10.6. The number of ether oxygens (including phenoxy) is 2. The number of pyridine rings is 1. The van der Waals surface area contributed by atoms with Crippen LogP contribution in [0, 0.1) is 0 Å². The largest absolute Gasteiger partial charge is 0.493 e. The Kier molecular flexibility index (Phi) is 6.07. The van der Waals surface area contributed by atoms with Crippen LogP contribution >= 0.6 is 23.2 Å². The van der Waals surface area contributed by atoms with Gasteiger partial charge in [0.05, 0.1) is 14.2 Å². The van der Waals surface area contributed by atoms with E-state index < -0.39 is 0 Å². The van der Waals surface area contributed by atoms with Gasteiger partial charge in [-0.05, 0) is 30.2 Å². The van der Waals surface area contributed by atoms with Crippen molar-refractivity contribution in [1.29, 1.82) is 0 Å². The fraction of sp³-hybridized carbons (Fsp3) is 0.250. The first-order valence-corrected chi connectivity index (χ1v) is 7.62. The standard InChI is InChI=1S/C16H16Cl2N2O3/c1-22-12-5-3-4-10(15(12)23-2)6-7-19-16(21)11-8-13(17)20-14(18)9-11/h3-5,8-9H,6-7H2,1-2H3,(H,19,21).